The predicted octanol–water partition coefficient (Wildman–Crippen LogP) is 4.23. The number of aromatic hydroxyl groups is 1. The van der Waals surface area contributed by atoms with Gasteiger partial charge in [0.2, 0.25) is 0 Å². The molecule has 3 rings (SSSR count). The van der Waals surface area contributed by atoms with E-state index in [1.54, 1.807) is 23.6 Å². The van der Waals surface area contributed by atoms with Gasteiger partial charge in [-0.25, -0.2) is 14.2 Å². The number of benzene rings is 2. The molecular formula is C19H16FNO4S. The fourth-order valence-corrected chi connectivity index (χ4v) is 2.88. The molecule has 1 heterocycles. The van der Waals surface area contributed by atoms with Crippen LogP contribution < -0.4 is 4.74 Å². The molecule has 0 aliphatic carbocycles. The standard InChI is InChI=1S/C19H16FNO4S/c1-12-2-7-16(17(22)8-12)19(23)25-9-14-11-26-18(21-14)10-24-15-5-3-13(20)4-6-15/h2-8,11,22H,9-10H2,1H3. The van der Waals surface area contributed by atoms with E-state index < -0.39 is 5.97 Å². The van der Waals surface area contributed by atoms with Crippen molar-refractivity contribution in [1.82, 2.24) is 4.98 Å². The second-order valence-electron chi connectivity index (χ2n) is 5.57. The monoisotopic (exact) mass is 373 g/mol. The molecule has 0 spiro atoms. The quantitative estimate of drug-likeness (QED) is 0.655. The second kappa shape index (κ2) is 7.97. The zero-order valence-corrected chi connectivity index (χ0v) is 14.8. The molecule has 0 saturated carbocycles. The molecule has 2 aromatic carbocycles. The van der Waals surface area contributed by atoms with Crippen LogP contribution in [0.15, 0.2) is 47.8 Å². The Morgan fingerprint density at radius 1 is 1.19 bits per heavy atom. The van der Waals surface area contributed by atoms with Gasteiger partial charge in [-0.3, -0.25) is 0 Å². The number of halogens is 1. The number of rotatable bonds is 6. The van der Waals surface area contributed by atoms with E-state index in [2.05, 4.69) is 4.98 Å². The fraction of sp³-hybridized carbons (Fsp3) is 0.158. The van der Waals surface area contributed by atoms with Crippen molar-refractivity contribution < 1.29 is 23.8 Å². The first-order chi connectivity index (χ1) is 12.5. The molecule has 0 atom stereocenters. The van der Waals surface area contributed by atoms with Gasteiger partial charge in [0.25, 0.3) is 0 Å². The molecule has 3 aromatic rings. The molecule has 0 unspecified atom stereocenters. The summed E-state index contributed by atoms with van der Waals surface area (Å²) < 4.78 is 23.6. The Morgan fingerprint density at radius 2 is 1.96 bits per heavy atom. The molecule has 5 nitrogen and oxygen atoms in total. The van der Waals surface area contributed by atoms with Crippen LogP contribution in [0, 0.1) is 12.7 Å². The molecule has 1 N–H and O–H groups in total. The smallest absolute Gasteiger partial charge is 0.342 e. The Labute approximate surface area is 153 Å². The van der Waals surface area contributed by atoms with Crippen molar-refractivity contribution in [1.29, 1.82) is 0 Å². The number of phenolic OH excluding ortho intramolecular Hbond substituents is 1. The molecule has 0 radical (unpaired) electrons. The number of hydrogen-bond donors (Lipinski definition) is 1. The maximum atomic E-state index is 12.8. The number of esters is 1. The maximum absolute atomic E-state index is 12.8. The second-order valence-corrected chi connectivity index (χ2v) is 6.51. The van der Waals surface area contributed by atoms with Crippen LogP contribution in [0.2, 0.25) is 0 Å². The van der Waals surface area contributed by atoms with Crippen LogP contribution in [0.3, 0.4) is 0 Å². The van der Waals surface area contributed by atoms with Crippen molar-refractivity contribution in [3.05, 3.63) is 75.5 Å². The summed E-state index contributed by atoms with van der Waals surface area (Å²) in [4.78, 5) is 16.4. The number of hydrogen-bond acceptors (Lipinski definition) is 6. The molecule has 26 heavy (non-hydrogen) atoms. The third-order valence-electron chi connectivity index (χ3n) is 3.50. The first-order valence-corrected chi connectivity index (χ1v) is 8.67. The Morgan fingerprint density at radius 3 is 2.69 bits per heavy atom. The van der Waals surface area contributed by atoms with Crippen LogP contribution >= 0.6 is 11.3 Å². The van der Waals surface area contributed by atoms with Gasteiger partial charge in [-0.2, -0.15) is 0 Å². The van der Waals surface area contributed by atoms with E-state index in [1.165, 1.54) is 35.6 Å². The fourth-order valence-electron chi connectivity index (χ4n) is 2.19. The Kier molecular flexibility index (Phi) is 5.48. The van der Waals surface area contributed by atoms with Gasteiger partial charge >= 0.3 is 5.97 Å². The molecule has 1 aromatic heterocycles. The summed E-state index contributed by atoms with van der Waals surface area (Å²) in [5.41, 5.74) is 1.56. The molecule has 0 bridgehead atoms. The van der Waals surface area contributed by atoms with Crippen LogP contribution in [0.5, 0.6) is 11.5 Å². The minimum Gasteiger partial charge on any atom is -0.507 e. The van der Waals surface area contributed by atoms with Crippen molar-refractivity contribution in [3.63, 3.8) is 0 Å². The predicted molar refractivity (Wildman–Crippen MR) is 94.8 cm³/mol. The van der Waals surface area contributed by atoms with E-state index in [9.17, 15) is 14.3 Å². The first-order valence-electron chi connectivity index (χ1n) is 7.79. The average molecular weight is 373 g/mol. The number of carbonyl (C=O) groups excluding carboxylic acids is 1. The summed E-state index contributed by atoms with van der Waals surface area (Å²) in [7, 11) is 0. The lowest BCUT2D eigenvalue weighted by molar-refractivity contribution is 0.0465. The van der Waals surface area contributed by atoms with Gasteiger partial charge in [0.05, 0.1) is 5.69 Å². The Balaban J connectivity index is 1.53. The minimum absolute atomic E-state index is 0.000796. The highest BCUT2D eigenvalue weighted by atomic mass is 32.1. The highest BCUT2D eigenvalue weighted by molar-refractivity contribution is 7.09. The van der Waals surface area contributed by atoms with E-state index in [0.717, 1.165) is 5.56 Å². The molecule has 0 aliphatic heterocycles. The molecule has 0 saturated heterocycles. The van der Waals surface area contributed by atoms with Gasteiger partial charge in [0.15, 0.2) is 0 Å². The van der Waals surface area contributed by atoms with Crippen molar-refractivity contribution in [2.24, 2.45) is 0 Å². The third kappa shape index (κ3) is 4.58. The molecule has 0 amide bonds. The number of carbonyl (C=O) groups is 1. The number of ether oxygens (including phenoxy) is 2. The summed E-state index contributed by atoms with van der Waals surface area (Å²) in [5.74, 6) is -0.499. The first kappa shape index (κ1) is 17.9. The van der Waals surface area contributed by atoms with E-state index in [-0.39, 0.29) is 30.3 Å². The summed E-state index contributed by atoms with van der Waals surface area (Å²) in [6.45, 7) is 2.06. The lowest BCUT2D eigenvalue weighted by atomic mass is 10.1. The number of aryl methyl sites for hydroxylation is 1. The summed E-state index contributed by atoms with van der Waals surface area (Å²) in [6, 6.07) is 10.5. The lowest BCUT2D eigenvalue weighted by Gasteiger charge is -2.06. The van der Waals surface area contributed by atoms with Gasteiger partial charge in [-0.15, -0.1) is 11.3 Å². The van der Waals surface area contributed by atoms with Crippen molar-refractivity contribution in [2.45, 2.75) is 20.1 Å². The average Bonchev–Trinajstić information content (AvgIpc) is 3.07. The van der Waals surface area contributed by atoms with Gasteiger partial charge in [-0.1, -0.05) is 6.07 Å². The third-order valence-corrected chi connectivity index (χ3v) is 4.37. The summed E-state index contributed by atoms with van der Waals surface area (Å²) in [5, 5.41) is 12.3. The maximum Gasteiger partial charge on any atom is 0.342 e. The minimum atomic E-state index is -0.611. The van der Waals surface area contributed by atoms with Gasteiger partial charge in [0.1, 0.15) is 41.1 Å². The zero-order valence-electron chi connectivity index (χ0n) is 13.9. The highest BCUT2D eigenvalue weighted by Crippen LogP contribution is 2.20. The van der Waals surface area contributed by atoms with Gasteiger partial charge in [-0.05, 0) is 48.9 Å². The lowest BCUT2D eigenvalue weighted by Crippen LogP contribution is -2.06. The van der Waals surface area contributed by atoms with Gasteiger partial charge < -0.3 is 14.6 Å². The molecular weight excluding hydrogens is 357 g/mol. The molecule has 0 aliphatic rings. The summed E-state index contributed by atoms with van der Waals surface area (Å²) >= 11 is 1.37. The van der Waals surface area contributed by atoms with Crippen LogP contribution in [-0.4, -0.2) is 16.1 Å². The van der Waals surface area contributed by atoms with Crippen molar-refractivity contribution in [3.8, 4) is 11.5 Å². The molecule has 134 valence electrons. The van der Waals surface area contributed by atoms with Crippen molar-refractivity contribution >= 4 is 17.3 Å². The highest BCUT2D eigenvalue weighted by Gasteiger charge is 2.13. The van der Waals surface area contributed by atoms with Gasteiger partial charge in [0, 0.05) is 5.38 Å². The Bertz CT molecular complexity index is 908. The van der Waals surface area contributed by atoms with E-state index in [1.807, 2.05) is 6.92 Å². The van der Waals surface area contributed by atoms with E-state index >= 15 is 0 Å². The number of phenols is 1. The molecule has 0 fully saturated rings. The van der Waals surface area contributed by atoms with Crippen LogP contribution in [-0.2, 0) is 18.0 Å². The SMILES string of the molecule is Cc1ccc(C(=O)OCc2csc(COc3ccc(F)cc3)n2)c(O)c1. The zero-order chi connectivity index (χ0) is 18.5. The topological polar surface area (TPSA) is 68.7 Å². The van der Waals surface area contributed by atoms with Crippen molar-refractivity contribution in [2.75, 3.05) is 0 Å². The number of aromatic nitrogens is 1. The van der Waals surface area contributed by atoms with E-state index in [0.29, 0.717) is 16.5 Å². The largest absolute Gasteiger partial charge is 0.507 e. The van der Waals surface area contributed by atoms with Crippen LogP contribution in [0.4, 0.5) is 4.39 Å². The molecule has 7 heteroatoms. The van der Waals surface area contributed by atoms with Crippen LogP contribution in [0.1, 0.15) is 26.6 Å². The number of nitrogens with zero attached hydrogens (tertiary/aromatic N) is 1. The normalized spacial score (nSPS) is 10.5. The van der Waals surface area contributed by atoms with Crippen LogP contribution in [0.25, 0.3) is 0 Å². The Hall–Kier alpha value is -2.93. The summed E-state index contributed by atoms with van der Waals surface area (Å²) in [6.07, 6.45) is 0. The number of thiazole rings is 1. The van der Waals surface area contributed by atoms with E-state index in [4.69, 9.17) is 9.47 Å².